The van der Waals surface area contributed by atoms with Crippen molar-refractivity contribution in [3.05, 3.63) is 40.3 Å². The Balaban J connectivity index is 1.56. The summed E-state index contributed by atoms with van der Waals surface area (Å²) in [6.45, 7) is 7.88. The molecule has 1 aliphatic carbocycles. The lowest BCUT2D eigenvalue weighted by Crippen LogP contribution is -2.43. The summed E-state index contributed by atoms with van der Waals surface area (Å²) >= 11 is 0. The third kappa shape index (κ3) is 5.48. The fraction of sp³-hybridized carbons (Fsp3) is 0.571. The van der Waals surface area contributed by atoms with Crippen LogP contribution in [0.15, 0.2) is 29.2 Å². The van der Waals surface area contributed by atoms with E-state index in [-0.39, 0.29) is 17.5 Å². The number of aromatic nitrogens is 3. The molecule has 0 bridgehead atoms. The molecule has 2 N–H and O–H groups in total. The number of nitrogens with zero attached hydrogens (tertiary/aromatic N) is 5. The van der Waals surface area contributed by atoms with E-state index in [0.29, 0.717) is 42.7 Å². The summed E-state index contributed by atoms with van der Waals surface area (Å²) in [7, 11) is 2.15. The molecule has 0 radical (unpaired) electrons. The number of aliphatic carboxylic acids is 1. The fourth-order valence-electron chi connectivity index (χ4n) is 5.72. The van der Waals surface area contributed by atoms with Gasteiger partial charge in [0.05, 0.1) is 5.92 Å². The van der Waals surface area contributed by atoms with Crippen LogP contribution in [0.4, 0.5) is 5.95 Å². The first-order valence-corrected chi connectivity index (χ1v) is 13.7. The van der Waals surface area contributed by atoms with Crippen molar-refractivity contribution in [2.24, 2.45) is 5.92 Å². The lowest BCUT2D eigenvalue weighted by Gasteiger charge is -2.32. The number of hydrogen-bond acceptors (Lipinski definition) is 7. The van der Waals surface area contributed by atoms with Gasteiger partial charge in [0.1, 0.15) is 5.65 Å². The number of likely N-dealkylation sites (N-methyl/N-ethyl adjacent to an activating group) is 1. The Bertz CT molecular complexity index is 1320. The maximum Gasteiger partial charge on any atom is 0.306 e. The second-order valence-corrected chi connectivity index (χ2v) is 10.7. The van der Waals surface area contributed by atoms with E-state index in [1.165, 1.54) is 0 Å². The Morgan fingerprint density at radius 3 is 2.54 bits per heavy atom. The Morgan fingerprint density at radius 1 is 1.08 bits per heavy atom. The number of benzene rings is 1. The zero-order valence-electron chi connectivity index (χ0n) is 21.9. The lowest BCUT2D eigenvalue weighted by molar-refractivity contribution is -0.143. The maximum absolute atomic E-state index is 14.1. The lowest BCUT2D eigenvalue weighted by atomic mass is 9.85. The zero-order chi connectivity index (χ0) is 25.9. The summed E-state index contributed by atoms with van der Waals surface area (Å²) in [4.78, 5) is 39.8. The highest BCUT2D eigenvalue weighted by molar-refractivity contribution is 6.04. The molecule has 198 valence electrons. The first kappa shape index (κ1) is 25.6. The van der Waals surface area contributed by atoms with Gasteiger partial charge in [0.25, 0.3) is 5.56 Å². The van der Waals surface area contributed by atoms with E-state index in [1.54, 1.807) is 0 Å². The van der Waals surface area contributed by atoms with Crippen LogP contribution in [0.5, 0.6) is 0 Å². The molecule has 37 heavy (non-hydrogen) atoms. The van der Waals surface area contributed by atoms with Gasteiger partial charge in [0.2, 0.25) is 5.95 Å². The third-order valence-electron chi connectivity index (χ3n) is 8.05. The number of piperazine rings is 1. The zero-order valence-corrected chi connectivity index (χ0v) is 21.9. The van der Waals surface area contributed by atoms with Crippen molar-refractivity contribution in [2.75, 3.05) is 45.1 Å². The monoisotopic (exact) mass is 506 g/mol. The van der Waals surface area contributed by atoms with Crippen LogP contribution < -0.4 is 10.9 Å². The van der Waals surface area contributed by atoms with Gasteiger partial charge in [0.15, 0.2) is 0 Å². The summed E-state index contributed by atoms with van der Waals surface area (Å²) in [5.74, 6) is -0.554. The molecule has 9 nitrogen and oxygen atoms in total. The number of fused-ring (bicyclic) bond motifs is 3. The molecule has 0 atom stereocenters. The van der Waals surface area contributed by atoms with E-state index >= 15 is 0 Å². The second-order valence-electron chi connectivity index (χ2n) is 10.7. The van der Waals surface area contributed by atoms with Gasteiger partial charge in [-0.25, -0.2) is 4.98 Å². The molecule has 1 aliphatic heterocycles. The predicted molar refractivity (Wildman–Crippen MR) is 146 cm³/mol. The maximum atomic E-state index is 14.1. The van der Waals surface area contributed by atoms with Gasteiger partial charge in [0, 0.05) is 62.3 Å². The molecule has 1 saturated heterocycles. The van der Waals surface area contributed by atoms with Crippen molar-refractivity contribution in [3.63, 3.8) is 0 Å². The Morgan fingerprint density at radius 2 is 1.84 bits per heavy atom. The Hall–Kier alpha value is -3.04. The van der Waals surface area contributed by atoms with E-state index in [4.69, 9.17) is 4.98 Å². The van der Waals surface area contributed by atoms with Crippen LogP contribution in [0.2, 0.25) is 0 Å². The number of rotatable bonds is 8. The minimum Gasteiger partial charge on any atom is -0.481 e. The second kappa shape index (κ2) is 11.1. The number of nitrogens with one attached hydrogen (secondary N) is 1. The Kier molecular flexibility index (Phi) is 7.71. The first-order valence-electron chi connectivity index (χ1n) is 13.7. The highest BCUT2D eigenvalue weighted by atomic mass is 16.4. The average molecular weight is 507 g/mol. The van der Waals surface area contributed by atoms with Gasteiger partial charge >= 0.3 is 5.97 Å². The van der Waals surface area contributed by atoms with Crippen molar-refractivity contribution >= 4 is 33.7 Å². The van der Waals surface area contributed by atoms with Gasteiger partial charge in [-0.2, -0.15) is 4.98 Å². The SMILES string of the molecule is CCCCNc1ncc2c3ccc(CN4CCN(C)CC4)cc3c(=O)n(C3CCC(C(=O)O)CC3)c2n1. The van der Waals surface area contributed by atoms with Crippen LogP contribution in [0.1, 0.15) is 57.1 Å². The smallest absolute Gasteiger partial charge is 0.306 e. The van der Waals surface area contributed by atoms with Gasteiger partial charge in [-0.1, -0.05) is 25.5 Å². The summed E-state index contributed by atoms with van der Waals surface area (Å²) < 4.78 is 1.84. The normalized spacial score (nSPS) is 21.5. The van der Waals surface area contributed by atoms with Gasteiger partial charge in [-0.05, 0) is 56.2 Å². The molecule has 9 heteroatoms. The number of pyridine rings is 1. The average Bonchev–Trinajstić information content (AvgIpc) is 2.90. The topological polar surface area (TPSA) is 104 Å². The highest BCUT2D eigenvalue weighted by Crippen LogP contribution is 2.34. The van der Waals surface area contributed by atoms with Crippen molar-refractivity contribution in [1.82, 2.24) is 24.3 Å². The molecule has 0 spiro atoms. The summed E-state index contributed by atoms with van der Waals surface area (Å²) in [5.41, 5.74) is 1.73. The van der Waals surface area contributed by atoms with Crippen LogP contribution in [0.3, 0.4) is 0 Å². The molecule has 1 aromatic carbocycles. The van der Waals surface area contributed by atoms with Crippen LogP contribution >= 0.6 is 0 Å². The molecular weight excluding hydrogens is 468 g/mol. The van der Waals surface area contributed by atoms with Crippen molar-refractivity contribution < 1.29 is 9.90 Å². The third-order valence-corrected chi connectivity index (χ3v) is 8.05. The van der Waals surface area contributed by atoms with Gasteiger partial charge in [-0.15, -0.1) is 0 Å². The molecule has 3 aromatic rings. The summed E-state index contributed by atoms with van der Waals surface area (Å²) in [5, 5.41) is 15.2. The van der Waals surface area contributed by atoms with Crippen LogP contribution in [-0.4, -0.2) is 75.2 Å². The largest absolute Gasteiger partial charge is 0.481 e. The van der Waals surface area contributed by atoms with Crippen molar-refractivity contribution in [3.8, 4) is 0 Å². The van der Waals surface area contributed by atoms with E-state index in [2.05, 4.69) is 40.1 Å². The summed E-state index contributed by atoms with van der Waals surface area (Å²) in [6.07, 6.45) is 6.37. The number of hydrogen-bond donors (Lipinski definition) is 2. The molecule has 1 saturated carbocycles. The van der Waals surface area contributed by atoms with Crippen molar-refractivity contribution in [1.29, 1.82) is 0 Å². The minimum absolute atomic E-state index is 0.0419. The first-order chi connectivity index (χ1) is 17.9. The number of carboxylic acid groups (broad SMARTS) is 1. The van der Waals surface area contributed by atoms with E-state index in [9.17, 15) is 14.7 Å². The standard InChI is InChI=1S/C28H38N6O3/c1-3-4-11-29-28-30-17-24-22-10-5-19(18-33-14-12-32(2)13-15-33)16-23(22)26(35)34(25(24)31-28)21-8-6-20(7-9-21)27(36)37/h5,10,16-17,20-21H,3-4,6-9,11-15,18H2,1-2H3,(H,36,37)(H,29,30,31). The Labute approximate surface area is 217 Å². The highest BCUT2D eigenvalue weighted by Gasteiger charge is 2.29. The van der Waals surface area contributed by atoms with E-state index in [0.717, 1.165) is 68.4 Å². The molecule has 2 aromatic heterocycles. The van der Waals surface area contributed by atoms with Crippen molar-refractivity contribution in [2.45, 2.75) is 58.0 Å². The number of carboxylic acids is 1. The van der Waals surface area contributed by atoms with E-state index in [1.807, 2.05) is 22.9 Å². The molecule has 0 amide bonds. The fourth-order valence-corrected chi connectivity index (χ4v) is 5.72. The quantitative estimate of drug-likeness (QED) is 0.352. The summed E-state index contributed by atoms with van der Waals surface area (Å²) in [6, 6.07) is 6.14. The molecule has 3 heterocycles. The molecular formula is C28H38N6O3. The number of anilines is 1. The number of unbranched alkanes of at least 4 members (excludes halogenated alkanes) is 1. The van der Waals surface area contributed by atoms with E-state index < -0.39 is 5.97 Å². The van der Waals surface area contributed by atoms with Crippen LogP contribution in [0, 0.1) is 5.92 Å². The van der Waals surface area contributed by atoms with Gasteiger partial charge < -0.3 is 15.3 Å². The van der Waals surface area contributed by atoms with Crippen LogP contribution in [-0.2, 0) is 11.3 Å². The molecule has 5 rings (SSSR count). The van der Waals surface area contributed by atoms with Gasteiger partial charge in [-0.3, -0.25) is 19.1 Å². The molecule has 2 fully saturated rings. The molecule has 2 aliphatic rings. The minimum atomic E-state index is -0.743. The number of carbonyl (C=O) groups is 1. The van der Waals surface area contributed by atoms with Crippen LogP contribution in [0.25, 0.3) is 21.8 Å². The predicted octanol–water partition coefficient (Wildman–Crippen LogP) is 3.72. The molecule has 0 unspecified atom stereocenters.